The molecule has 1 heterocycles. The van der Waals surface area contributed by atoms with E-state index >= 15 is 0 Å². The highest BCUT2D eigenvalue weighted by atomic mass is 16.7. The largest absolute Gasteiger partial charge is 0.478 e. The van der Waals surface area contributed by atoms with Crippen molar-refractivity contribution < 1.29 is 19.4 Å². The molecular formula is C32H42N2O5. The van der Waals surface area contributed by atoms with Crippen LogP contribution in [0.2, 0.25) is 0 Å². The van der Waals surface area contributed by atoms with Gasteiger partial charge < -0.3 is 14.6 Å². The lowest BCUT2D eigenvalue weighted by Crippen LogP contribution is -2.29. The molecule has 1 aromatic heterocycles. The summed E-state index contributed by atoms with van der Waals surface area (Å²) in [6, 6.07) is 14.8. The van der Waals surface area contributed by atoms with E-state index in [0.29, 0.717) is 30.5 Å². The molecule has 0 unspecified atom stereocenters. The van der Waals surface area contributed by atoms with Crippen molar-refractivity contribution in [2.24, 2.45) is 11.8 Å². The summed E-state index contributed by atoms with van der Waals surface area (Å²) in [5, 5.41) is 9.60. The van der Waals surface area contributed by atoms with E-state index in [1.165, 1.54) is 19.3 Å². The van der Waals surface area contributed by atoms with E-state index < -0.39 is 12.3 Å². The Morgan fingerprint density at radius 3 is 2.26 bits per heavy atom. The number of carboxylic acids is 1. The number of imidazole rings is 1. The number of hydrogen-bond donors (Lipinski definition) is 1. The maximum atomic E-state index is 14.0. The number of nitrogens with zero attached hydrogens (tertiary/aromatic N) is 2. The predicted octanol–water partition coefficient (Wildman–Crippen LogP) is 6.52. The van der Waals surface area contributed by atoms with Gasteiger partial charge in [-0.3, -0.25) is 9.13 Å². The number of aromatic nitrogens is 2. The molecule has 1 fully saturated rings. The minimum atomic E-state index is -0.950. The summed E-state index contributed by atoms with van der Waals surface area (Å²) in [6.45, 7) is 5.50. The topological polar surface area (TPSA) is 82.7 Å². The van der Waals surface area contributed by atoms with E-state index in [1.54, 1.807) is 26.4 Å². The molecule has 4 rings (SSSR count). The van der Waals surface area contributed by atoms with Gasteiger partial charge in [0.05, 0.1) is 17.8 Å². The molecule has 1 aliphatic carbocycles. The lowest BCUT2D eigenvalue weighted by atomic mass is 9.89. The van der Waals surface area contributed by atoms with Gasteiger partial charge in [0, 0.05) is 26.5 Å². The van der Waals surface area contributed by atoms with Gasteiger partial charge in [-0.15, -0.1) is 0 Å². The van der Waals surface area contributed by atoms with Crippen LogP contribution in [0.25, 0.3) is 11.1 Å². The highest BCUT2D eigenvalue weighted by molar-refractivity contribution is 5.95. The van der Waals surface area contributed by atoms with Gasteiger partial charge in [0.25, 0.3) is 0 Å². The smallest absolute Gasteiger partial charge is 0.336 e. The fraction of sp³-hybridized carbons (Fsp3) is 0.500. The minimum absolute atomic E-state index is 0.0197. The van der Waals surface area contributed by atoms with Crippen LogP contribution in [0.4, 0.5) is 0 Å². The summed E-state index contributed by atoms with van der Waals surface area (Å²) >= 11 is 0. The number of carboxylic acid groups (broad SMARTS) is 1. The zero-order valence-electron chi connectivity index (χ0n) is 23.7. The zero-order chi connectivity index (χ0) is 27.9. The van der Waals surface area contributed by atoms with Crippen molar-refractivity contribution >= 4 is 5.97 Å². The second-order valence-corrected chi connectivity index (χ2v) is 11.1. The Kier molecular flexibility index (Phi) is 9.81. The van der Waals surface area contributed by atoms with Crippen molar-refractivity contribution in [3.05, 3.63) is 81.5 Å². The number of ether oxygens (including phenoxy) is 2. The van der Waals surface area contributed by atoms with Crippen LogP contribution in [0.1, 0.15) is 86.0 Å². The first-order valence-electron chi connectivity index (χ1n) is 14.1. The average molecular weight is 535 g/mol. The molecule has 0 atom stereocenters. The molecule has 0 spiro atoms. The van der Waals surface area contributed by atoms with Gasteiger partial charge in [-0.1, -0.05) is 75.6 Å². The second kappa shape index (κ2) is 13.3. The van der Waals surface area contributed by atoms with Crippen LogP contribution < -0.4 is 5.69 Å². The van der Waals surface area contributed by atoms with E-state index in [4.69, 9.17) is 9.47 Å². The van der Waals surface area contributed by atoms with Crippen LogP contribution >= 0.6 is 0 Å². The Hall–Kier alpha value is -3.16. The van der Waals surface area contributed by atoms with Gasteiger partial charge in [-0.2, -0.15) is 0 Å². The van der Waals surface area contributed by atoms with Crippen LogP contribution in [-0.2, 0) is 29.0 Å². The first-order chi connectivity index (χ1) is 18.8. The number of carbonyl (C=O) groups is 1. The third-order valence-corrected chi connectivity index (χ3v) is 7.91. The highest BCUT2D eigenvalue weighted by Gasteiger charge is 2.28. The molecule has 1 N–H and O–H groups in total. The van der Waals surface area contributed by atoms with Crippen molar-refractivity contribution in [1.82, 2.24) is 9.13 Å². The number of hydrogen-bond acceptors (Lipinski definition) is 4. The molecule has 2 aromatic carbocycles. The monoisotopic (exact) mass is 534 g/mol. The third kappa shape index (κ3) is 6.71. The molecule has 210 valence electrons. The summed E-state index contributed by atoms with van der Waals surface area (Å²) in [7, 11) is 3.25. The molecule has 0 saturated heterocycles. The molecule has 0 bridgehead atoms. The maximum absolute atomic E-state index is 14.0. The summed E-state index contributed by atoms with van der Waals surface area (Å²) in [4.78, 5) is 25.7. The summed E-state index contributed by atoms with van der Waals surface area (Å²) in [5.74, 6) is 0.0147. The Bertz CT molecular complexity index is 1300. The fourth-order valence-corrected chi connectivity index (χ4v) is 5.79. The van der Waals surface area contributed by atoms with Gasteiger partial charge in [0.1, 0.15) is 0 Å². The predicted molar refractivity (Wildman–Crippen MR) is 153 cm³/mol. The van der Waals surface area contributed by atoms with Gasteiger partial charge in [-0.25, -0.2) is 9.59 Å². The van der Waals surface area contributed by atoms with Crippen molar-refractivity contribution in [3.8, 4) is 11.1 Å². The average Bonchev–Trinajstić information content (AvgIpc) is 3.19. The van der Waals surface area contributed by atoms with E-state index in [1.807, 2.05) is 45.5 Å². The maximum Gasteiger partial charge on any atom is 0.336 e. The van der Waals surface area contributed by atoms with E-state index in [2.05, 4.69) is 13.8 Å². The standard InChI is InChI=1S/C32H42N2O5/c1-22(2)14-19-28-29(31(38-3)39-4)34(21-23-10-6-5-7-11-23)32(37)33(28)20-24-15-17-25(18-16-24)26-12-8-9-13-27(26)30(35)36/h8-9,12-13,15-18,22-23,31H,5-7,10-11,14,19-21H2,1-4H3,(H,35,36). The van der Waals surface area contributed by atoms with Crippen LogP contribution in [0.3, 0.4) is 0 Å². The molecule has 7 heteroatoms. The van der Waals surface area contributed by atoms with Gasteiger partial charge in [-0.05, 0) is 60.3 Å². The normalized spacial score (nSPS) is 14.4. The Morgan fingerprint density at radius 1 is 0.974 bits per heavy atom. The number of aromatic carboxylic acids is 1. The van der Waals surface area contributed by atoms with Crippen LogP contribution in [0.5, 0.6) is 0 Å². The highest BCUT2D eigenvalue weighted by Crippen LogP contribution is 2.30. The Balaban J connectivity index is 1.73. The van der Waals surface area contributed by atoms with E-state index in [0.717, 1.165) is 48.2 Å². The van der Waals surface area contributed by atoms with Crippen LogP contribution in [0, 0.1) is 11.8 Å². The summed E-state index contributed by atoms with van der Waals surface area (Å²) in [6.07, 6.45) is 7.07. The molecule has 1 saturated carbocycles. The number of benzene rings is 2. The molecule has 0 aliphatic heterocycles. The molecular weight excluding hydrogens is 492 g/mol. The van der Waals surface area contributed by atoms with Crippen molar-refractivity contribution in [3.63, 3.8) is 0 Å². The minimum Gasteiger partial charge on any atom is -0.478 e. The first-order valence-corrected chi connectivity index (χ1v) is 14.1. The fourth-order valence-electron chi connectivity index (χ4n) is 5.79. The Labute approximate surface area is 231 Å². The van der Waals surface area contributed by atoms with Gasteiger partial charge in [0.2, 0.25) is 0 Å². The quantitative estimate of drug-likeness (QED) is 0.267. The number of methoxy groups -OCH3 is 2. The zero-order valence-corrected chi connectivity index (χ0v) is 23.7. The molecule has 1 aliphatic rings. The van der Waals surface area contributed by atoms with Crippen molar-refractivity contribution in [2.45, 2.75) is 78.2 Å². The Morgan fingerprint density at radius 2 is 1.64 bits per heavy atom. The molecule has 39 heavy (non-hydrogen) atoms. The van der Waals surface area contributed by atoms with Crippen LogP contribution in [0.15, 0.2) is 53.3 Å². The third-order valence-electron chi connectivity index (χ3n) is 7.91. The van der Waals surface area contributed by atoms with Crippen LogP contribution in [-0.4, -0.2) is 34.4 Å². The SMILES string of the molecule is COC(OC)c1c(CCC(C)C)n(Cc2ccc(-c3ccccc3C(=O)O)cc2)c(=O)n1CC1CCCCC1. The van der Waals surface area contributed by atoms with E-state index in [-0.39, 0.29) is 11.3 Å². The van der Waals surface area contributed by atoms with Crippen molar-refractivity contribution in [2.75, 3.05) is 14.2 Å². The van der Waals surface area contributed by atoms with E-state index in [9.17, 15) is 14.7 Å². The van der Waals surface area contributed by atoms with Gasteiger partial charge >= 0.3 is 11.7 Å². The molecule has 0 amide bonds. The first kappa shape index (κ1) is 28.8. The van der Waals surface area contributed by atoms with Gasteiger partial charge in [0.15, 0.2) is 6.29 Å². The molecule has 7 nitrogen and oxygen atoms in total. The lowest BCUT2D eigenvalue weighted by Gasteiger charge is -2.24. The lowest BCUT2D eigenvalue weighted by molar-refractivity contribution is -0.111. The molecule has 3 aromatic rings. The molecule has 0 radical (unpaired) electrons. The second-order valence-electron chi connectivity index (χ2n) is 11.1. The summed E-state index contributed by atoms with van der Waals surface area (Å²) in [5.41, 5.74) is 4.54. The summed E-state index contributed by atoms with van der Waals surface area (Å²) < 4.78 is 15.3. The number of rotatable bonds is 12. The van der Waals surface area contributed by atoms with Crippen molar-refractivity contribution in [1.29, 1.82) is 0 Å².